The Morgan fingerprint density at radius 2 is 1.83 bits per heavy atom. The van der Waals surface area contributed by atoms with Crippen LogP contribution in [0.2, 0.25) is 5.02 Å². The fourth-order valence-electron chi connectivity index (χ4n) is 2.71. The van der Waals surface area contributed by atoms with Crippen LogP contribution >= 0.6 is 11.6 Å². The largest absolute Gasteiger partial charge is 0.487 e. The zero-order valence-electron chi connectivity index (χ0n) is 16.3. The molecule has 0 radical (unpaired) electrons. The van der Waals surface area contributed by atoms with Crippen molar-refractivity contribution in [1.82, 2.24) is 9.78 Å². The third-order valence-electron chi connectivity index (χ3n) is 4.14. The number of ether oxygens (including phenoxy) is 1. The molecule has 2 aromatic carbocycles. The minimum atomic E-state index is -3.31. The van der Waals surface area contributed by atoms with Crippen LogP contribution in [0.5, 0.6) is 5.75 Å². The van der Waals surface area contributed by atoms with E-state index in [9.17, 15) is 13.2 Å². The van der Waals surface area contributed by atoms with Crippen LogP contribution in [0.15, 0.2) is 64.4 Å². The Morgan fingerprint density at radius 3 is 2.41 bits per heavy atom. The average Bonchev–Trinajstić information content (AvgIpc) is 2.66. The molecule has 6 nitrogen and oxygen atoms in total. The first-order valence-electron chi connectivity index (χ1n) is 8.98. The highest BCUT2D eigenvalue weighted by Crippen LogP contribution is 2.28. The van der Waals surface area contributed by atoms with E-state index >= 15 is 0 Å². The number of hydrogen-bond donors (Lipinski definition) is 0. The zero-order chi connectivity index (χ0) is 21.2. The summed E-state index contributed by atoms with van der Waals surface area (Å²) in [6, 6.07) is 13.1. The molecule has 3 aromatic rings. The first-order valence-corrected chi connectivity index (χ1v) is 11.3. The van der Waals surface area contributed by atoms with Crippen LogP contribution in [-0.4, -0.2) is 31.1 Å². The summed E-state index contributed by atoms with van der Waals surface area (Å²) in [5, 5.41) is 4.76. The first kappa shape index (κ1) is 21.1. The number of aromatic nitrogens is 2. The quantitative estimate of drug-likeness (QED) is 0.588. The smallest absolute Gasteiger partial charge is 0.314 e. The highest BCUT2D eigenvalue weighted by atomic mass is 35.5. The molecule has 0 aliphatic carbocycles. The van der Waals surface area contributed by atoms with E-state index in [1.54, 1.807) is 36.4 Å². The van der Waals surface area contributed by atoms with Gasteiger partial charge in [-0.2, -0.15) is 9.78 Å². The maximum Gasteiger partial charge on any atom is 0.314 e. The van der Waals surface area contributed by atoms with Crippen molar-refractivity contribution in [2.45, 2.75) is 18.7 Å². The van der Waals surface area contributed by atoms with Crippen molar-refractivity contribution in [2.24, 2.45) is 5.92 Å². The fourth-order valence-corrected chi connectivity index (χ4v) is 3.52. The summed E-state index contributed by atoms with van der Waals surface area (Å²) < 4.78 is 30.5. The lowest BCUT2D eigenvalue weighted by Gasteiger charge is -2.15. The van der Waals surface area contributed by atoms with Gasteiger partial charge in [-0.25, -0.2) is 8.42 Å². The Kier molecular flexibility index (Phi) is 6.10. The lowest BCUT2D eigenvalue weighted by Crippen LogP contribution is -2.24. The van der Waals surface area contributed by atoms with E-state index in [1.165, 1.54) is 23.0 Å². The van der Waals surface area contributed by atoms with Crippen LogP contribution in [0.25, 0.3) is 16.8 Å². The second kappa shape index (κ2) is 8.39. The van der Waals surface area contributed by atoms with E-state index in [1.807, 2.05) is 13.8 Å². The standard InChI is InChI=1S/C21H21ClN2O4S/c1-14(2)13-28-20-19(15-7-9-18(10-8-15)29(3,26)27)12-23-24(21(20)25)17-6-4-5-16(22)11-17/h4-12,14H,13H2,1-3H3. The van der Waals surface area contributed by atoms with Crippen molar-refractivity contribution in [1.29, 1.82) is 0 Å². The summed E-state index contributed by atoms with van der Waals surface area (Å²) >= 11 is 6.04. The van der Waals surface area contributed by atoms with E-state index in [-0.39, 0.29) is 16.6 Å². The molecule has 1 heterocycles. The van der Waals surface area contributed by atoms with Crippen molar-refractivity contribution in [3.8, 4) is 22.6 Å². The van der Waals surface area contributed by atoms with Crippen molar-refractivity contribution in [2.75, 3.05) is 12.9 Å². The molecule has 3 rings (SSSR count). The van der Waals surface area contributed by atoms with Crippen LogP contribution in [-0.2, 0) is 9.84 Å². The highest BCUT2D eigenvalue weighted by Gasteiger charge is 2.17. The van der Waals surface area contributed by atoms with Gasteiger partial charge >= 0.3 is 5.56 Å². The third-order valence-corrected chi connectivity index (χ3v) is 5.50. The second-order valence-electron chi connectivity index (χ2n) is 7.09. The SMILES string of the molecule is CC(C)COc1c(-c2ccc(S(C)(=O)=O)cc2)cnn(-c2cccc(Cl)c2)c1=O. The minimum Gasteiger partial charge on any atom is -0.487 e. The molecule has 0 spiro atoms. The molecular weight excluding hydrogens is 412 g/mol. The van der Waals surface area contributed by atoms with Gasteiger partial charge in [0.25, 0.3) is 0 Å². The molecule has 0 fully saturated rings. The van der Waals surface area contributed by atoms with E-state index < -0.39 is 15.4 Å². The van der Waals surface area contributed by atoms with Crippen LogP contribution in [0.1, 0.15) is 13.8 Å². The maximum absolute atomic E-state index is 13.2. The molecule has 0 N–H and O–H groups in total. The average molecular weight is 433 g/mol. The summed E-state index contributed by atoms with van der Waals surface area (Å²) in [5.41, 5.74) is 1.24. The molecule has 0 saturated heterocycles. The minimum absolute atomic E-state index is 0.154. The molecule has 8 heteroatoms. The predicted molar refractivity (Wildman–Crippen MR) is 114 cm³/mol. The Bertz CT molecular complexity index is 1190. The van der Waals surface area contributed by atoms with Gasteiger partial charge in [0.1, 0.15) is 0 Å². The number of nitrogens with zero attached hydrogens (tertiary/aromatic N) is 2. The molecule has 29 heavy (non-hydrogen) atoms. The van der Waals surface area contributed by atoms with Crippen LogP contribution < -0.4 is 10.3 Å². The number of halogens is 1. The van der Waals surface area contributed by atoms with Gasteiger partial charge in [-0.05, 0) is 41.8 Å². The number of hydrogen-bond acceptors (Lipinski definition) is 5. The molecule has 0 unspecified atom stereocenters. The molecule has 0 amide bonds. The molecule has 0 saturated carbocycles. The molecule has 0 aliphatic rings. The predicted octanol–water partition coefficient (Wildman–Crippen LogP) is 3.99. The van der Waals surface area contributed by atoms with E-state index in [0.717, 1.165) is 6.26 Å². The molecule has 152 valence electrons. The number of benzene rings is 2. The summed E-state index contributed by atoms with van der Waals surface area (Å²) in [6.07, 6.45) is 2.68. The Labute approximate surface area is 174 Å². The van der Waals surface area contributed by atoms with E-state index in [0.29, 0.717) is 28.4 Å². The zero-order valence-corrected chi connectivity index (χ0v) is 17.9. The summed E-state index contributed by atoms with van der Waals surface area (Å²) in [5.74, 6) is 0.364. The summed E-state index contributed by atoms with van der Waals surface area (Å²) in [6.45, 7) is 4.32. The van der Waals surface area contributed by atoms with Gasteiger partial charge in [0.15, 0.2) is 15.6 Å². The topological polar surface area (TPSA) is 78.3 Å². The Hall–Kier alpha value is -2.64. The van der Waals surface area contributed by atoms with Crippen molar-refractivity contribution >= 4 is 21.4 Å². The van der Waals surface area contributed by atoms with Gasteiger partial charge in [-0.3, -0.25) is 4.79 Å². The molecule has 1 aromatic heterocycles. The van der Waals surface area contributed by atoms with Crippen LogP contribution in [0.4, 0.5) is 0 Å². The van der Waals surface area contributed by atoms with Crippen molar-refractivity contribution < 1.29 is 13.2 Å². The van der Waals surface area contributed by atoms with Gasteiger partial charge < -0.3 is 4.74 Å². The molecule has 0 atom stereocenters. The highest BCUT2D eigenvalue weighted by molar-refractivity contribution is 7.90. The molecule has 0 bridgehead atoms. The lowest BCUT2D eigenvalue weighted by molar-refractivity contribution is 0.267. The number of sulfone groups is 1. The monoisotopic (exact) mass is 432 g/mol. The number of rotatable bonds is 6. The lowest BCUT2D eigenvalue weighted by atomic mass is 10.1. The summed E-state index contributed by atoms with van der Waals surface area (Å²) in [4.78, 5) is 13.4. The second-order valence-corrected chi connectivity index (χ2v) is 9.54. The van der Waals surface area contributed by atoms with Crippen molar-refractivity contribution in [3.63, 3.8) is 0 Å². The van der Waals surface area contributed by atoms with Gasteiger partial charge in [0.2, 0.25) is 0 Å². The third kappa shape index (κ3) is 4.86. The van der Waals surface area contributed by atoms with Crippen LogP contribution in [0, 0.1) is 5.92 Å². The molecule has 0 aliphatic heterocycles. The Morgan fingerprint density at radius 1 is 1.14 bits per heavy atom. The normalized spacial score (nSPS) is 11.6. The van der Waals surface area contributed by atoms with E-state index in [2.05, 4.69) is 5.10 Å². The molecular formula is C21H21ClN2O4S. The first-order chi connectivity index (χ1) is 13.7. The maximum atomic E-state index is 13.2. The van der Waals surface area contributed by atoms with Crippen LogP contribution in [0.3, 0.4) is 0 Å². The van der Waals surface area contributed by atoms with Gasteiger partial charge in [-0.15, -0.1) is 0 Å². The summed E-state index contributed by atoms with van der Waals surface area (Å²) in [7, 11) is -3.31. The van der Waals surface area contributed by atoms with Gasteiger partial charge in [0.05, 0.1) is 23.4 Å². The Balaban J connectivity index is 2.14. The fraction of sp³-hybridized carbons (Fsp3) is 0.238. The van der Waals surface area contributed by atoms with E-state index in [4.69, 9.17) is 16.3 Å². The van der Waals surface area contributed by atoms with Gasteiger partial charge in [-0.1, -0.05) is 43.6 Å². The van der Waals surface area contributed by atoms with Crippen molar-refractivity contribution in [3.05, 3.63) is 70.1 Å². The van der Waals surface area contributed by atoms with Gasteiger partial charge in [0, 0.05) is 16.8 Å².